The topological polar surface area (TPSA) is 49.8 Å². The van der Waals surface area contributed by atoms with Gasteiger partial charge in [0.05, 0.1) is 4.88 Å². The Labute approximate surface area is 101 Å². The lowest BCUT2D eigenvalue weighted by Crippen LogP contribution is -1.71. The highest BCUT2D eigenvalue weighted by molar-refractivity contribution is 9.11. The van der Waals surface area contributed by atoms with Crippen molar-refractivity contribution in [1.29, 1.82) is 5.26 Å². The average molecular weight is 334 g/mol. The van der Waals surface area contributed by atoms with Gasteiger partial charge in [0.1, 0.15) is 10.5 Å². The first-order valence-corrected chi connectivity index (χ1v) is 5.98. The van der Waals surface area contributed by atoms with Crippen LogP contribution in [0.1, 0.15) is 5.69 Å². The molecule has 0 radical (unpaired) electrons. The van der Waals surface area contributed by atoms with Crippen LogP contribution in [0.3, 0.4) is 0 Å². The standard InChI is InChI=1S/C8H2Br2N2OS/c9-4-1-6(14-3-4)8-7(10)5(2-11)12-13-8/h1,3H. The predicted octanol–water partition coefficient (Wildman–Crippen LogP) is 3.80. The number of nitriles is 1. The summed E-state index contributed by atoms with van der Waals surface area (Å²) in [5, 5.41) is 14.2. The second kappa shape index (κ2) is 3.85. The van der Waals surface area contributed by atoms with Crippen molar-refractivity contribution in [2.24, 2.45) is 0 Å². The summed E-state index contributed by atoms with van der Waals surface area (Å²) < 4.78 is 6.65. The minimum Gasteiger partial charge on any atom is -0.353 e. The first-order chi connectivity index (χ1) is 6.72. The second-order valence-electron chi connectivity index (χ2n) is 2.42. The number of halogens is 2. The van der Waals surface area contributed by atoms with Gasteiger partial charge in [-0.05, 0) is 37.9 Å². The lowest BCUT2D eigenvalue weighted by atomic mass is 10.3. The summed E-state index contributed by atoms with van der Waals surface area (Å²) in [5.74, 6) is 0.595. The Kier molecular flexibility index (Phi) is 2.72. The molecule has 3 nitrogen and oxygen atoms in total. The Morgan fingerprint density at radius 2 is 2.29 bits per heavy atom. The minimum atomic E-state index is 0.268. The van der Waals surface area contributed by atoms with Crippen LogP contribution in [-0.4, -0.2) is 5.16 Å². The molecule has 70 valence electrons. The fraction of sp³-hybridized carbons (Fsp3) is 0. The molecular weight excluding hydrogens is 332 g/mol. The predicted molar refractivity (Wildman–Crippen MR) is 59.9 cm³/mol. The highest BCUT2D eigenvalue weighted by Crippen LogP contribution is 2.36. The molecule has 0 bridgehead atoms. The maximum Gasteiger partial charge on any atom is 0.198 e. The van der Waals surface area contributed by atoms with Gasteiger partial charge in [-0.3, -0.25) is 0 Å². The number of rotatable bonds is 1. The summed E-state index contributed by atoms with van der Waals surface area (Å²) in [4.78, 5) is 0.928. The molecule has 0 aliphatic rings. The third-order valence-corrected chi connectivity index (χ3v) is 3.96. The summed E-state index contributed by atoms with van der Waals surface area (Å²) in [6.45, 7) is 0. The van der Waals surface area contributed by atoms with E-state index in [1.807, 2.05) is 17.5 Å². The third-order valence-electron chi connectivity index (χ3n) is 1.53. The molecule has 0 spiro atoms. The van der Waals surface area contributed by atoms with E-state index in [0.717, 1.165) is 9.35 Å². The molecule has 2 heterocycles. The monoisotopic (exact) mass is 332 g/mol. The Hall–Kier alpha value is -0.640. The maximum atomic E-state index is 8.68. The van der Waals surface area contributed by atoms with Gasteiger partial charge < -0.3 is 4.52 Å². The van der Waals surface area contributed by atoms with Gasteiger partial charge >= 0.3 is 0 Å². The highest BCUT2D eigenvalue weighted by Gasteiger charge is 2.16. The molecule has 0 saturated heterocycles. The van der Waals surface area contributed by atoms with Gasteiger partial charge in [0.25, 0.3) is 0 Å². The van der Waals surface area contributed by atoms with Crippen LogP contribution < -0.4 is 0 Å². The van der Waals surface area contributed by atoms with Crippen molar-refractivity contribution in [3.8, 4) is 16.7 Å². The SMILES string of the molecule is N#Cc1noc(-c2cc(Br)cs2)c1Br. The largest absolute Gasteiger partial charge is 0.353 e. The molecule has 6 heteroatoms. The minimum absolute atomic E-state index is 0.268. The molecule has 0 amide bonds. The first kappa shape index (κ1) is 9.90. The molecule has 0 fully saturated rings. The lowest BCUT2D eigenvalue weighted by Gasteiger charge is -1.87. The van der Waals surface area contributed by atoms with Crippen molar-refractivity contribution in [3.05, 3.63) is 26.1 Å². The van der Waals surface area contributed by atoms with Crippen LogP contribution in [0.4, 0.5) is 0 Å². The van der Waals surface area contributed by atoms with E-state index in [-0.39, 0.29) is 5.69 Å². The van der Waals surface area contributed by atoms with Crippen molar-refractivity contribution >= 4 is 43.2 Å². The Balaban J connectivity index is 2.53. The van der Waals surface area contributed by atoms with Crippen molar-refractivity contribution in [2.45, 2.75) is 0 Å². The number of thiophene rings is 1. The smallest absolute Gasteiger partial charge is 0.198 e. The molecule has 2 aromatic rings. The molecule has 0 N–H and O–H groups in total. The Morgan fingerprint density at radius 1 is 1.50 bits per heavy atom. The number of hydrogen-bond donors (Lipinski definition) is 0. The van der Waals surface area contributed by atoms with Crippen LogP contribution in [0.5, 0.6) is 0 Å². The van der Waals surface area contributed by atoms with Crippen molar-refractivity contribution in [3.63, 3.8) is 0 Å². The molecule has 0 saturated carbocycles. The third kappa shape index (κ3) is 1.63. The summed E-state index contributed by atoms with van der Waals surface area (Å²) in [6, 6.07) is 3.85. The Morgan fingerprint density at radius 3 is 2.79 bits per heavy atom. The van der Waals surface area contributed by atoms with E-state index >= 15 is 0 Å². The van der Waals surface area contributed by atoms with Crippen LogP contribution >= 0.6 is 43.2 Å². The van der Waals surface area contributed by atoms with Crippen LogP contribution in [0.2, 0.25) is 0 Å². The van der Waals surface area contributed by atoms with Crippen molar-refractivity contribution < 1.29 is 4.52 Å². The zero-order valence-corrected chi connectivity index (χ0v) is 10.6. The van der Waals surface area contributed by atoms with Crippen LogP contribution in [0.15, 0.2) is 24.9 Å². The van der Waals surface area contributed by atoms with E-state index < -0.39 is 0 Å². The number of aromatic nitrogens is 1. The molecule has 0 unspecified atom stereocenters. The molecule has 0 aromatic carbocycles. The van der Waals surface area contributed by atoms with Gasteiger partial charge in [-0.1, -0.05) is 5.16 Å². The van der Waals surface area contributed by atoms with Crippen LogP contribution in [-0.2, 0) is 0 Å². The van der Waals surface area contributed by atoms with Crippen molar-refractivity contribution in [1.82, 2.24) is 5.16 Å². The highest BCUT2D eigenvalue weighted by atomic mass is 79.9. The summed E-state index contributed by atoms with van der Waals surface area (Å²) in [5.41, 5.74) is 0.268. The fourth-order valence-electron chi connectivity index (χ4n) is 0.934. The van der Waals surface area contributed by atoms with Gasteiger partial charge in [0.2, 0.25) is 0 Å². The van der Waals surface area contributed by atoms with E-state index in [2.05, 4.69) is 37.0 Å². The quantitative estimate of drug-likeness (QED) is 0.797. The van der Waals surface area contributed by atoms with Crippen LogP contribution in [0, 0.1) is 11.3 Å². The van der Waals surface area contributed by atoms with Crippen LogP contribution in [0.25, 0.3) is 10.6 Å². The number of nitrogens with zero attached hydrogens (tertiary/aromatic N) is 2. The van der Waals surface area contributed by atoms with E-state index in [9.17, 15) is 0 Å². The van der Waals surface area contributed by atoms with Gasteiger partial charge in [-0.2, -0.15) is 5.26 Å². The summed E-state index contributed by atoms with van der Waals surface area (Å²) in [7, 11) is 0. The van der Waals surface area contributed by atoms with Crippen molar-refractivity contribution in [2.75, 3.05) is 0 Å². The summed E-state index contributed by atoms with van der Waals surface area (Å²) >= 11 is 8.14. The fourth-order valence-corrected chi connectivity index (χ4v) is 2.92. The molecule has 0 aliphatic heterocycles. The van der Waals surface area contributed by atoms with Gasteiger partial charge in [0.15, 0.2) is 11.5 Å². The molecule has 2 aromatic heterocycles. The van der Waals surface area contributed by atoms with E-state index in [1.54, 1.807) is 0 Å². The summed E-state index contributed by atoms with van der Waals surface area (Å²) in [6.07, 6.45) is 0. The molecule has 14 heavy (non-hydrogen) atoms. The molecule has 0 atom stereocenters. The normalized spacial score (nSPS) is 10.1. The van der Waals surface area contributed by atoms with E-state index in [4.69, 9.17) is 9.78 Å². The lowest BCUT2D eigenvalue weighted by molar-refractivity contribution is 0.430. The number of hydrogen-bond acceptors (Lipinski definition) is 4. The van der Waals surface area contributed by atoms with E-state index in [1.165, 1.54) is 11.3 Å². The zero-order valence-electron chi connectivity index (χ0n) is 6.62. The van der Waals surface area contributed by atoms with E-state index in [0.29, 0.717) is 10.2 Å². The Bertz CT molecular complexity index is 512. The van der Waals surface area contributed by atoms with Gasteiger partial charge in [-0.25, -0.2) is 0 Å². The molecule has 0 aliphatic carbocycles. The molecule has 2 rings (SSSR count). The second-order valence-corrected chi connectivity index (χ2v) is 5.04. The zero-order chi connectivity index (χ0) is 10.1. The van der Waals surface area contributed by atoms with Gasteiger partial charge in [0, 0.05) is 9.85 Å². The average Bonchev–Trinajstić information content (AvgIpc) is 2.72. The van der Waals surface area contributed by atoms with Gasteiger partial charge in [-0.15, -0.1) is 11.3 Å². The first-order valence-electron chi connectivity index (χ1n) is 3.52. The maximum absolute atomic E-state index is 8.68. The molecular formula is C8H2Br2N2OS.